The Morgan fingerprint density at radius 1 is 1.50 bits per heavy atom. The van der Waals surface area contributed by atoms with E-state index in [1.54, 1.807) is 4.90 Å². The Morgan fingerprint density at radius 2 is 2.23 bits per heavy atom. The average Bonchev–Trinajstić information content (AvgIpc) is 2.89. The van der Waals surface area contributed by atoms with Crippen molar-refractivity contribution >= 4 is 11.8 Å². The molecule has 8 heteroatoms. The molecule has 0 spiro atoms. The van der Waals surface area contributed by atoms with Crippen molar-refractivity contribution in [3.05, 3.63) is 29.6 Å². The Bertz CT molecular complexity index is 724. The number of halogens is 1. The third kappa shape index (κ3) is 2.27. The third-order valence-electron chi connectivity index (χ3n) is 3.46. The van der Waals surface area contributed by atoms with Gasteiger partial charge >= 0.3 is 5.97 Å². The number of benzene rings is 1. The molecule has 0 bridgehead atoms. The van der Waals surface area contributed by atoms with E-state index in [1.807, 2.05) is 0 Å². The molecule has 0 unspecified atom stereocenters. The maximum atomic E-state index is 13.5. The van der Waals surface area contributed by atoms with Gasteiger partial charge in [0.2, 0.25) is 0 Å². The number of β-amino-alcohol motifs (C(OH)–C–C–N with tert-alkyl or cyclic N) is 1. The van der Waals surface area contributed by atoms with E-state index in [1.165, 1.54) is 19.2 Å². The number of carboxylic acid groups (broad SMARTS) is 1. The Kier molecular flexibility index (Phi) is 3.45. The molecule has 0 amide bonds. The summed E-state index contributed by atoms with van der Waals surface area (Å²) in [4.78, 5) is 13.1. The van der Waals surface area contributed by atoms with Crippen molar-refractivity contribution in [1.29, 1.82) is 0 Å². The standard InChI is InChI=1S/C14H13FN2O5/c1-21-10-4-7(2-3-9(10)15)12-11(14(19)20)13(16-22-12)17-5-8(18)6-17/h2-4,8,18H,5-6H2,1H3,(H,19,20). The van der Waals surface area contributed by atoms with Crippen LogP contribution in [0.1, 0.15) is 10.4 Å². The number of rotatable bonds is 4. The average molecular weight is 308 g/mol. The summed E-state index contributed by atoms with van der Waals surface area (Å²) in [6.07, 6.45) is -0.507. The van der Waals surface area contributed by atoms with E-state index >= 15 is 0 Å². The van der Waals surface area contributed by atoms with Crippen molar-refractivity contribution in [2.24, 2.45) is 0 Å². The van der Waals surface area contributed by atoms with E-state index in [0.717, 1.165) is 6.07 Å². The second kappa shape index (κ2) is 5.30. The fourth-order valence-electron chi connectivity index (χ4n) is 2.32. The molecule has 3 rings (SSSR count). The number of carbonyl (C=O) groups is 1. The maximum Gasteiger partial charge on any atom is 0.343 e. The minimum Gasteiger partial charge on any atom is -0.494 e. The predicted molar refractivity (Wildman–Crippen MR) is 73.6 cm³/mol. The molecular formula is C14H13FN2O5. The number of ether oxygens (including phenoxy) is 1. The smallest absolute Gasteiger partial charge is 0.343 e. The van der Waals surface area contributed by atoms with Crippen LogP contribution in [0.2, 0.25) is 0 Å². The molecule has 0 aliphatic carbocycles. The lowest BCUT2D eigenvalue weighted by molar-refractivity contribution is 0.0696. The second-order valence-corrected chi connectivity index (χ2v) is 4.92. The number of hydrogen-bond donors (Lipinski definition) is 2. The molecule has 2 N–H and O–H groups in total. The predicted octanol–water partition coefficient (Wildman–Crippen LogP) is 1.37. The van der Waals surface area contributed by atoms with Crippen molar-refractivity contribution in [2.75, 3.05) is 25.1 Å². The van der Waals surface area contributed by atoms with E-state index in [-0.39, 0.29) is 22.9 Å². The topological polar surface area (TPSA) is 96.0 Å². The fourth-order valence-corrected chi connectivity index (χ4v) is 2.32. The van der Waals surface area contributed by atoms with E-state index in [0.29, 0.717) is 18.7 Å². The Labute approximate surface area is 124 Å². The van der Waals surface area contributed by atoms with Crippen LogP contribution in [0.3, 0.4) is 0 Å². The van der Waals surface area contributed by atoms with Crippen LogP contribution in [0.4, 0.5) is 10.2 Å². The molecule has 116 valence electrons. The summed E-state index contributed by atoms with van der Waals surface area (Å²) >= 11 is 0. The first-order valence-corrected chi connectivity index (χ1v) is 6.51. The zero-order valence-corrected chi connectivity index (χ0v) is 11.6. The molecular weight excluding hydrogens is 295 g/mol. The number of aromatic carboxylic acids is 1. The van der Waals surface area contributed by atoms with Gasteiger partial charge in [-0.15, -0.1) is 0 Å². The van der Waals surface area contributed by atoms with Gasteiger partial charge in [-0.3, -0.25) is 0 Å². The molecule has 2 aromatic rings. The second-order valence-electron chi connectivity index (χ2n) is 4.92. The van der Waals surface area contributed by atoms with Crippen LogP contribution in [0.25, 0.3) is 11.3 Å². The van der Waals surface area contributed by atoms with Crippen LogP contribution in [0.15, 0.2) is 22.7 Å². The number of carboxylic acids is 1. The van der Waals surface area contributed by atoms with Crippen LogP contribution in [0.5, 0.6) is 5.75 Å². The van der Waals surface area contributed by atoms with Gasteiger partial charge in [0.05, 0.1) is 13.2 Å². The van der Waals surface area contributed by atoms with E-state index in [9.17, 15) is 19.4 Å². The van der Waals surface area contributed by atoms with Crippen molar-refractivity contribution in [2.45, 2.75) is 6.10 Å². The SMILES string of the molecule is COc1cc(-c2onc(N3CC(O)C3)c2C(=O)O)ccc1F. The zero-order valence-electron chi connectivity index (χ0n) is 11.6. The van der Waals surface area contributed by atoms with E-state index < -0.39 is 17.9 Å². The van der Waals surface area contributed by atoms with Crippen molar-refractivity contribution < 1.29 is 28.7 Å². The minimum absolute atomic E-state index is 0.0159. The largest absolute Gasteiger partial charge is 0.494 e. The summed E-state index contributed by atoms with van der Waals surface area (Å²) in [5, 5.41) is 22.5. The van der Waals surface area contributed by atoms with Crippen molar-refractivity contribution in [3.63, 3.8) is 0 Å². The summed E-state index contributed by atoms with van der Waals surface area (Å²) < 4.78 is 23.5. The van der Waals surface area contributed by atoms with Gasteiger partial charge in [-0.05, 0) is 18.2 Å². The highest BCUT2D eigenvalue weighted by Gasteiger charge is 2.34. The molecule has 1 aliphatic heterocycles. The number of aliphatic hydroxyl groups is 1. The van der Waals surface area contributed by atoms with E-state index in [4.69, 9.17) is 9.26 Å². The number of nitrogens with zero attached hydrogens (tertiary/aromatic N) is 2. The molecule has 0 radical (unpaired) electrons. The Balaban J connectivity index is 2.05. The molecule has 22 heavy (non-hydrogen) atoms. The summed E-state index contributed by atoms with van der Waals surface area (Å²) in [6.45, 7) is 0.581. The summed E-state index contributed by atoms with van der Waals surface area (Å²) in [6, 6.07) is 3.89. The van der Waals surface area contributed by atoms with Crippen LogP contribution >= 0.6 is 0 Å². The molecule has 1 saturated heterocycles. The van der Waals surface area contributed by atoms with Gasteiger partial charge in [0.15, 0.2) is 28.7 Å². The quantitative estimate of drug-likeness (QED) is 0.880. The van der Waals surface area contributed by atoms with E-state index in [2.05, 4.69) is 5.16 Å². The normalized spacial score (nSPS) is 14.8. The molecule has 0 saturated carbocycles. The van der Waals surface area contributed by atoms with Gasteiger partial charge in [-0.25, -0.2) is 9.18 Å². The summed E-state index contributed by atoms with van der Waals surface area (Å²) in [7, 11) is 1.31. The number of aliphatic hydroxyl groups excluding tert-OH is 1. The van der Waals surface area contributed by atoms with Crippen molar-refractivity contribution in [3.8, 4) is 17.1 Å². The molecule has 1 aliphatic rings. The first-order valence-electron chi connectivity index (χ1n) is 6.51. The molecule has 1 aromatic heterocycles. The number of hydrogen-bond acceptors (Lipinski definition) is 6. The molecule has 1 aromatic carbocycles. The van der Waals surface area contributed by atoms with Crippen LogP contribution in [-0.2, 0) is 0 Å². The monoisotopic (exact) mass is 308 g/mol. The van der Waals surface area contributed by atoms with Gasteiger partial charge in [-0.2, -0.15) is 0 Å². The van der Waals surface area contributed by atoms with Gasteiger partial charge in [0.25, 0.3) is 0 Å². The third-order valence-corrected chi connectivity index (χ3v) is 3.46. The van der Waals surface area contributed by atoms with Gasteiger partial charge in [0, 0.05) is 18.7 Å². The minimum atomic E-state index is -1.21. The number of aromatic nitrogens is 1. The van der Waals surface area contributed by atoms with Crippen molar-refractivity contribution in [1.82, 2.24) is 5.16 Å². The van der Waals surface area contributed by atoms with Crippen LogP contribution in [0, 0.1) is 5.82 Å². The Morgan fingerprint density at radius 3 is 2.82 bits per heavy atom. The lowest BCUT2D eigenvalue weighted by Gasteiger charge is -2.35. The summed E-state index contributed by atoms with van der Waals surface area (Å²) in [5.41, 5.74) is 0.219. The van der Waals surface area contributed by atoms with Gasteiger partial charge < -0.3 is 24.4 Å². The first kappa shape index (κ1) is 14.3. The lowest BCUT2D eigenvalue weighted by Crippen LogP contribution is -2.51. The zero-order chi connectivity index (χ0) is 15.9. The summed E-state index contributed by atoms with van der Waals surface area (Å²) in [5.74, 6) is -1.63. The highest BCUT2D eigenvalue weighted by Crippen LogP contribution is 2.35. The molecule has 2 heterocycles. The van der Waals surface area contributed by atoms with Gasteiger partial charge in [0.1, 0.15) is 0 Å². The highest BCUT2D eigenvalue weighted by molar-refractivity contribution is 5.99. The maximum absolute atomic E-state index is 13.5. The molecule has 1 fully saturated rings. The van der Waals surface area contributed by atoms with Crippen LogP contribution in [-0.4, -0.2) is 47.6 Å². The molecule has 0 atom stereocenters. The fraction of sp³-hybridized carbons (Fsp3) is 0.286. The number of methoxy groups -OCH3 is 1. The highest BCUT2D eigenvalue weighted by atomic mass is 19.1. The molecule has 7 nitrogen and oxygen atoms in total. The first-order chi connectivity index (χ1) is 10.5. The van der Waals surface area contributed by atoms with Crippen LogP contribution < -0.4 is 9.64 Å². The number of anilines is 1. The Hall–Kier alpha value is -2.61. The lowest BCUT2D eigenvalue weighted by atomic mass is 10.1. The van der Waals surface area contributed by atoms with Gasteiger partial charge in [-0.1, -0.05) is 5.16 Å².